The molecular formula is C26H28ClFN4O3S. The zero-order valence-corrected chi connectivity index (χ0v) is 21.4. The zero-order valence-electron chi connectivity index (χ0n) is 19.8. The molecule has 1 N–H and O–H groups in total. The number of fused-ring (bicyclic) bond motifs is 1. The van der Waals surface area contributed by atoms with Crippen LogP contribution in [0.4, 0.5) is 4.39 Å². The lowest BCUT2D eigenvalue weighted by molar-refractivity contribution is -0.121. The number of hydrogen-bond donors (Lipinski definition) is 1. The lowest BCUT2D eigenvalue weighted by Gasteiger charge is -2.31. The van der Waals surface area contributed by atoms with Gasteiger partial charge in [0.1, 0.15) is 11.5 Å². The van der Waals surface area contributed by atoms with Crippen molar-refractivity contribution in [3.05, 3.63) is 73.8 Å². The summed E-state index contributed by atoms with van der Waals surface area (Å²) in [6, 6.07) is 8.00. The molecular weight excluding hydrogens is 503 g/mol. The first-order chi connectivity index (χ1) is 17.4. The van der Waals surface area contributed by atoms with Gasteiger partial charge in [0.05, 0.1) is 18.0 Å². The number of carbonyl (C=O) groups is 1. The van der Waals surface area contributed by atoms with Crippen molar-refractivity contribution in [3.63, 3.8) is 0 Å². The van der Waals surface area contributed by atoms with E-state index < -0.39 is 11.4 Å². The van der Waals surface area contributed by atoms with Crippen molar-refractivity contribution in [3.8, 4) is 0 Å². The number of halogens is 2. The van der Waals surface area contributed by atoms with E-state index in [2.05, 4.69) is 10.3 Å². The third kappa shape index (κ3) is 5.22. The van der Waals surface area contributed by atoms with Crippen LogP contribution in [0.25, 0.3) is 11.0 Å². The molecule has 2 fully saturated rings. The minimum absolute atomic E-state index is 0.0195. The molecule has 2 aliphatic rings. The summed E-state index contributed by atoms with van der Waals surface area (Å²) in [6.45, 7) is 0. The maximum atomic E-state index is 14.1. The van der Waals surface area contributed by atoms with Gasteiger partial charge in [-0.3, -0.25) is 18.7 Å². The number of thioether (sulfide) groups is 1. The summed E-state index contributed by atoms with van der Waals surface area (Å²) in [5.74, 6) is 1.20. The molecule has 5 rings (SSSR count). The molecule has 1 aliphatic carbocycles. The van der Waals surface area contributed by atoms with Crippen LogP contribution in [0.2, 0.25) is 5.02 Å². The smallest absolute Gasteiger partial charge is 0.333 e. The first-order valence-electron chi connectivity index (χ1n) is 12.3. The Morgan fingerprint density at radius 2 is 1.69 bits per heavy atom. The highest BCUT2D eigenvalue weighted by Gasteiger charge is 2.29. The Morgan fingerprint density at radius 1 is 1.03 bits per heavy atom. The Labute approximate surface area is 217 Å². The summed E-state index contributed by atoms with van der Waals surface area (Å²) in [7, 11) is 0. The van der Waals surface area contributed by atoms with Gasteiger partial charge in [0, 0.05) is 23.1 Å². The van der Waals surface area contributed by atoms with Crippen molar-refractivity contribution >= 4 is 40.3 Å². The molecule has 1 aliphatic heterocycles. The molecule has 0 spiro atoms. The van der Waals surface area contributed by atoms with Gasteiger partial charge in [-0.2, -0.15) is 11.8 Å². The summed E-state index contributed by atoms with van der Waals surface area (Å²) >= 11 is 7.76. The van der Waals surface area contributed by atoms with E-state index in [1.54, 1.807) is 16.7 Å². The van der Waals surface area contributed by atoms with Crippen LogP contribution >= 0.6 is 23.4 Å². The van der Waals surface area contributed by atoms with Gasteiger partial charge in [-0.1, -0.05) is 23.7 Å². The van der Waals surface area contributed by atoms with Crippen molar-refractivity contribution < 1.29 is 9.18 Å². The molecule has 10 heteroatoms. The fourth-order valence-corrected chi connectivity index (χ4v) is 6.55. The van der Waals surface area contributed by atoms with E-state index in [0.717, 1.165) is 36.1 Å². The Bertz CT molecular complexity index is 1380. The molecule has 36 heavy (non-hydrogen) atoms. The minimum atomic E-state index is -0.595. The number of nitrogens with zero attached hydrogens (tertiary/aromatic N) is 3. The highest BCUT2D eigenvalue weighted by molar-refractivity contribution is 7.99. The molecule has 1 aromatic carbocycles. The third-order valence-electron chi connectivity index (χ3n) is 7.18. The van der Waals surface area contributed by atoms with E-state index in [1.165, 1.54) is 10.6 Å². The molecule has 0 radical (unpaired) electrons. The van der Waals surface area contributed by atoms with Gasteiger partial charge in [-0.15, -0.1) is 0 Å². The van der Waals surface area contributed by atoms with E-state index in [-0.39, 0.29) is 47.2 Å². The van der Waals surface area contributed by atoms with Crippen LogP contribution < -0.4 is 16.6 Å². The van der Waals surface area contributed by atoms with Crippen molar-refractivity contribution in [2.45, 2.75) is 63.1 Å². The molecule has 1 saturated heterocycles. The van der Waals surface area contributed by atoms with Crippen LogP contribution in [-0.4, -0.2) is 37.6 Å². The summed E-state index contributed by atoms with van der Waals surface area (Å²) < 4.78 is 17.0. The Balaban J connectivity index is 1.36. The SMILES string of the molecule is O=C(Cc1ccc(Cl)cc1)NC1CCC(n2c(=O)c3cc(F)cnc3n(C3CCSCC3)c2=O)CC1. The van der Waals surface area contributed by atoms with E-state index >= 15 is 0 Å². The maximum absolute atomic E-state index is 14.1. The predicted octanol–water partition coefficient (Wildman–Crippen LogP) is 4.26. The van der Waals surface area contributed by atoms with E-state index in [1.807, 2.05) is 23.9 Å². The largest absolute Gasteiger partial charge is 0.353 e. The van der Waals surface area contributed by atoms with Crippen LogP contribution in [0.5, 0.6) is 0 Å². The summed E-state index contributed by atoms with van der Waals surface area (Å²) in [6.07, 6.45) is 5.42. The first-order valence-corrected chi connectivity index (χ1v) is 13.9. The van der Waals surface area contributed by atoms with E-state index in [9.17, 15) is 18.8 Å². The van der Waals surface area contributed by atoms with Gasteiger partial charge in [-0.05, 0) is 73.8 Å². The number of hydrogen-bond acceptors (Lipinski definition) is 5. The summed E-state index contributed by atoms with van der Waals surface area (Å²) in [5.41, 5.74) is 0.302. The quantitative estimate of drug-likeness (QED) is 0.532. The van der Waals surface area contributed by atoms with Crippen LogP contribution in [0.1, 0.15) is 56.2 Å². The van der Waals surface area contributed by atoms with Crippen LogP contribution in [0.3, 0.4) is 0 Å². The number of benzene rings is 1. The molecule has 1 saturated carbocycles. The van der Waals surface area contributed by atoms with Crippen LogP contribution in [0, 0.1) is 5.82 Å². The van der Waals surface area contributed by atoms with Gasteiger partial charge in [0.15, 0.2) is 0 Å². The Hall–Kier alpha value is -2.65. The molecule has 0 bridgehead atoms. The van der Waals surface area contributed by atoms with Crippen molar-refractivity contribution in [1.82, 2.24) is 19.4 Å². The van der Waals surface area contributed by atoms with Gasteiger partial charge in [-0.25, -0.2) is 14.2 Å². The average Bonchev–Trinajstić information content (AvgIpc) is 2.87. The summed E-state index contributed by atoms with van der Waals surface area (Å²) in [5, 5.41) is 3.85. The first kappa shape index (κ1) is 25.0. The second-order valence-electron chi connectivity index (χ2n) is 9.57. The molecule has 7 nitrogen and oxygen atoms in total. The highest BCUT2D eigenvalue weighted by atomic mass is 35.5. The molecule has 3 aromatic rings. The van der Waals surface area contributed by atoms with Crippen LogP contribution in [-0.2, 0) is 11.2 Å². The van der Waals surface area contributed by atoms with Gasteiger partial charge < -0.3 is 5.32 Å². The van der Waals surface area contributed by atoms with Crippen molar-refractivity contribution in [2.24, 2.45) is 0 Å². The molecule has 2 aromatic heterocycles. The number of pyridine rings is 1. The molecule has 3 heterocycles. The highest BCUT2D eigenvalue weighted by Crippen LogP contribution is 2.30. The standard InChI is InChI=1S/C26H28ClFN4O3S/c27-17-3-1-16(2-4-17)13-23(33)30-19-5-7-20(8-6-19)32-25(34)22-14-18(28)15-29-24(22)31(26(32)35)21-9-11-36-12-10-21/h1-4,14-15,19-21H,5-13H2,(H,30,33). The van der Waals surface area contributed by atoms with Crippen molar-refractivity contribution in [2.75, 3.05) is 11.5 Å². The third-order valence-corrected chi connectivity index (χ3v) is 8.48. The number of carbonyl (C=O) groups excluding carboxylic acids is 1. The fourth-order valence-electron chi connectivity index (χ4n) is 5.34. The predicted molar refractivity (Wildman–Crippen MR) is 140 cm³/mol. The van der Waals surface area contributed by atoms with Gasteiger partial charge in [0.25, 0.3) is 5.56 Å². The zero-order chi connectivity index (χ0) is 25.2. The second kappa shape index (κ2) is 10.8. The molecule has 1 amide bonds. The number of nitrogens with one attached hydrogen (secondary N) is 1. The minimum Gasteiger partial charge on any atom is -0.353 e. The lowest BCUT2D eigenvalue weighted by Crippen LogP contribution is -2.46. The molecule has 190 valence electrons. The lowest BCUT2D eigenvalue weighted by atomic mass is 9.90. The number of amides is 1. The topological polar surface area (TPSA) is 86.0 Å². The Kier molecular flexibility index (Phi) is 7.48. The molecule has 0 atom stereocenters. The van der Waals surface area contributed by atoms with E-state index in [0.29, 0.717) is 30.7 Å². The second-order valence-corrected chi connectivity index (χ2v) is 11.2. The number of rotatable bonds is 5. The van der Waals surface area contributed by atoms with Gasteiger partial charge in [0.2, 0.25) is 5.91 Å². The fraction of sp³-hybridized carbons (Fsp3) is 0.462. The monoisotopic (exact) mass is 530 g/mol. The number of aromatic nitrogens is 3. The molecule has 0 unspecified atom stereocenters. The van der Waals surface area contributed by atoms with Crippen molar-refractivity contribution in [1.29, 1.82) is 0 Å². The summed E-state index contributed by atoms with van der Waals surface area (Å²) in [4.78, 5) is 43.7. The van der Waals surface area contributed by atoms with E-state index in [4.69, 9.17) is 11.6 Å². The van der Waals surface area contributed by atoms with Gasteiger partial charge >= 0.3 is 5.69 Å². The maximum Gasteiger partial charge on any atom is 0.333 e. The average molecular weight is 531 g/mol. The normalized spacial score (nSPS) is 20.9. The Morgan fingerprint density at radius 3 is 2.39 bits per heavy atom. The van der Waals surface area contributed by atoms with Crippen LogP contribution in [0.15, 0.2) is 46.1 Å².